The second-order valence-electron chi connectivity index (χ2n) is 5.44. The zero-order valence-electron chi connectivity index (χ0n) is 9.39. The molecule has 76 valence electrons. The predicted molar refractivity (Wildman–Crippen MR) is 55.6 cm³/mol. The molecule has 0 unspecified atom stereocenters. The molecule has 0 heterocycles. The van der Waals surface area contributed by atoms with E-state index < -0.39 is 0 Å². The van der Waals surface area contributed by atoms with Crippen LogP contribution in [0, 0.1) is 17.3 Å². The Morgan fingerprint density at radius 3 is 2.31 bits per heavy atom. The second-order valence-corrected chi connectivity index (χ2v) is 5.44. The highest BCUT2D eigenvalue weighted by atomic mass is 16.1. The fourth-order valence-corrected chi connectivity index (χ4v) is 2.36. The Morgan fingerprint density at radius 1 is 1.31 bits per heavy atom. The lowest BCUT2D eigenvalue weighted by Crippen LogP contribution is -2.33. The Morgan fingerprint density at radius 2 is 1.92 bits per heavy atom. The summed E-state index contributed by atoms with van der Waals surface area (Å²) < 4.78 is 0. The van der Waals surface area contributed by atoms with Crippen LogP contribution in [0.5, 0.6) is 0 Å². The van der Waals surface area contributed by atoms with E-state index in [2.05, 4.69) is 27.7 Å². The Kier molecular flexibility index (Phi) is 3.15. The summed E-state index contributed by atoms with van der Waals surface area (Å²) in [5.41, 5.74) is 0.176. The fraction of sp³-hybridized carbons (Fsp3) is 0.917. The molecule has 2 atom stereocenters. The standard InChI is InChI=1S/C12H22O/c1-5-9-6-7-10(11(13)8-9)12(2,3)4/h9-10H,5-8H2,1-4H3/t9-,10+/m1/s1. The van der Waals surface area contributed by atoms with Crippen molar-refractivity contribution in [3.05, 3.63) is 0 Å². The van der Waals surface area contributed by atoms with Gasteiger partial charge in [-0.2, -0.15) is 0 Å². The highest BCUT2D eigenvalue weighted by Gasteiger charge is 2.35. The van der Waals surface area contributed by atoms with Gasteiger partial charge in [0.2, 0.25) is 0 Å². The normalized spacial score (nSPS) is 30.6. The average Bonchev–Trinajstić information content (AvgIpc) is 2.01. The summed E-state index contributed by atoms with van der Waals surface area (Å²) in [6.07, 6.45) is 4.37. The third-order valence-electron chi connectivity index (χ3n) is 3.36. The van der Waals surface area contributed by atoms with Gasteiger partial charge in [0.1, 0.15) is 5.78 Å². The summed E-state index contributed by atoms with van der Waals surface area (Å²) in [7, 11) is 0. The van der Waals surface area contributed by atoms with Gasteiger partial charge >= 0.3 is 0 Å². The van der Waals surface area contributed by atoms with Crippen LogP contribution < -0.4 is 0 Å². The van der Waals surface area contributed by atoms with Crippen molar-refractivity contribution in [1.82, 2.24) is 0 Å². The van der Waals surface area contributed by atoms with Crippen molar-refractivity contribution in [2.24, 2.45) is 17.3 Å². The zero-order chi connectivity index (χ0) is 10.1. The molecule has 0 aromatic rings. The van der Waals surface area contributed by atoms with Crippen molar-refractivity contribution in [2.75, 3.05) is 0 Å². The van der Waals surface area contributed by atoms with Gasteiger partial charge in [0.05, 0.1) is 0 Å². The third kappa shape index (κ3) is 2.55. The van der Waals surface area contributed by atoms with Crippen molar-refractivity contribution in [3.63, 3.8) is 0 Å². The molecule has 0 aromatic heterocycles. The number of carbonyl (C=O) groups is 1. The van der Waals surface area contributed by atoms with Crippen molar-refractivity contribution >= 4 is 5.78 Å². The van der Waals surface area contributed by atoms with Crippen LogP contribution in [0.2, 0.25) is 0 Å². The van der Waals surface area contributed by atoms with E-state index >= 15 is 0 Å². The first-order chi connectivity index (χ1) is 5.95. The van der Waals surface area contributed by atoms with Crippen LogP contribution in [-0.4, -0.2) is 5.78 Å². The SMILES string of the molecule is CC[C@@H]1CC[C@H](C(C)(C)C)C(=O)C1. The number of hydrogen-bond donors (Lipinski definition) is 0. The third-order valence-corrected chi connectivity index (χ3v) is 3.36. The maximum Gasteiger partial charge on any atom is 0.136 e. The lowest BCUT2D eigenvalue weighted by Gasteiger charge is -2.35. The molecule has 1 fully saturated rings. The Hall–Kier alpha value is -0.330. The number of hydrogen-bond acceptors (Lipinski definition) is 1. The first kappa shape index (κ1) is 10.7. The van der Waals surface area contributed by atoms with Crippen LogP contribution >= 0.6 is 0 Å². The maximum absolute atomic E-state index is 11.8. The van der Waals surface area contributed by atoms with E-state index in [1.165, 1.54) is 12.8 Å². The van der Waals surface area contributed by atoms with Crippen LogP contribution in [0.1, 0.15) is 53.4 Å². The molecule has 1 saturated carbocycles. The Balaban J connectivity index is 2.59. The predicted octanol–water partition coefficient (Wildman–Crippen LogP) is 3.43. The molecule has 1 heteroatoms. The quantitative estimate of drug-likeness (QED) is 0.607. The van der Waals surface area contributed by atoms with Crippen molar-refractivity contribution in [3.8, 4) is 0 Å². The summed E-state index contributed by atoms with van der Waals surface area (Å²) in [6, 6.07) is 0. The van der Waals surface area contributed by atoms with E-state index in [1.807, 2.05) is 0 Å². The van der Waals surface area contributed by atoms with E-state index in [9.17, 15) is 4.79 Å². The molecule has 0 aromatic carbocycles. The Labute approximate surface area is 81.9 Å². The van der Waals surface area contributed by atoms with Crippen LogP contribution in [0.15, 0.2) is 0 Å². The Bertz CT molecular complexity index is 188. The van der Waals surface area contributed by atoms with E-state index in [1.54, 1.807) is 0 Å². The largest absolute Gasteiger partial charge is 0.299 e. The van der Waals surface area contributed by atoms with E-state index in [4.69, 9.17) is 0 Å². The zero-order valence-corrected chi connectivity index (χ0v) is 9.39. The molecule has 1 aliphatic rings. The van der Waals surface area contributed by atoms with Crippen LogP contribution in [-0.2, 0) is 4.79 Å². The van der Waals surface area contributed by atoms with Gasteiger partial charge in [-0.1, -0.05) is 34.1 Å². The van der Waals surface area contributed by atoms with Gasteiger partial charge in [0, 0.05) is 12.3 Å². The summed E-state index contributed by atoms with van der Waals surface area (Å²) in [5.74, 6) is 1.49. The number of carbonyl (C=O) groups excluding carboxylic acids is 1. The minimum absolute atomic E-state index is 0.176. The van der Waals surface area contributed by atoms with Gasteiger partial charge in [0.15, 0.2) is 0 Å². The van der Waals surface area contributed by atoms with Crippen molar-refractivity contribution in [2.45, 2.75) is 53.4 Å². The van der Waals surface area contributed by atoms with Crippen LogP contribution in [0.4, 0.5) is 0 Å². The molecule has 0 spiro atoms. The molecule has 1 rings (SSSR count). The molecule has 1 nitrogen and oxygen atoms in total. The van der Waals surface area contributed by atoms with Crippen LogP contribution in [0.25, 0.3) is 0 Å². The van der Waals surface area contributed by atoms with Gasteiger partial charge in [-0.15, -0.1) is 0 Å². The van der Waals surface area contributed by atoms with Gasteiger partial charge < -0.3 is 0 Å². The van der Waals surface area contributed by atoms with Crippen molar-refractivity contribution in [1.29, 1.82) is 0 Å². The van der Waals surface area contributed by atoms with E-state index in [0.717, 1.165) is 12.8 Å². The molecule has 1 aliphatic carbocycles. The smallest absolute Gasteiger partial charge is 0.136 e. The van der Waals surface area contributed by atoms with Gasteiger partial charge in [-0.3, -0.25) is 4.79 Å². The average molecular weight is 182 g/mol. The molecular weight excluding hydrogens is 160 g/mol. The summed E-state index contributed by atoms with van der Waals surface area (Å²) >= 11 is 0. The molecular formula is C12H22O. The molecule has 0 saturated heterocycles. The minimum Gasteiger partial charge on any atom is -0.299 e. The molecule has 0 bridgehead atoms. The summed E-state index contributed by atoms with van der Waals surface area (Å²) in [6.45, 7) is 8.74. The minimum atomic E-state index is 0.176. The topological polar surface area (TPSA) is 17.1 Å². The second kappa shape index (κ2) is 3.81. The highest BCUT2D eigenvalue weighted by molar-refractivity contribution is 5.82. The number of ketones is 1. The number of rotatable bonds is 1. The van der Waals surface area contributed by atoms with E-state index in [0.29, 0.717) is 17.6 Å². The lowest BCUT2D eigenvalue weighted by molar-refractivity contribution is -0.129. The monoisotopic (exact) mass is 182 g/mol. The van der Waals surface area contributed by atoms with Gasteiger partial charge in [-0.05, 0) is 24.2 Å². The lowest BCUT2D eigenvalue weighted by atomic mass is 9.68. The molecule has 13 heavy (non-hydrogen) atoms. The first-order valence-electron chi connectivity index (χ1n) is 5.48. The van der Waals surface area contributed by atoms with E-state index in [-0.39, 0.29) is 5.41 Å². The molecule has 0 radical (unpaired) electrons. The molecule has 0 aliphatic heterocycles. The number of Topliss-reactive ketones (excluding diaryl/α,β-unsaturated/α-hetero) is 1. The van der Waals surface area contributed by atoms with Crippen molar-refractivity contribution < 1.29 is 4.79 Å². The molecule has 0 amide bonds. The summed E-state index contributed by atoms with van der Waals surface area (Å²) in [5, 5.41) is 0. The van der Waals surface area contributed by atoms with Crippen LogP contribution in [0.3, 0.4) is 0 Å². The first-order valence-corrected chi connectivity index (χ1v) is 5.48. The van der Waals surface area contributed by atoms with Gasteiger partial charge in [0.25, 0.3) is 0 Å². The highest BCUT2D eigenvalue weighted by Crippen LogP contribution is 2.38. The fourth-order valence-electron chi connectivity index (χ4n) is 2.36. The van der Waals surface area contributed by atoms with Gasteiger partial charge in [-0.25, -0.2) is 0 Å². The summed E-state index contributed by atoms with van der Waals surface area (Å²) in [4.78, 5) is 11.8. The maximum atomic E-state index is 11.8. The molecule has 0 N–H and O–H groups in total.